The normalized spacial score (nSPS) is 16.6. The first-order chi connectivity index (χ1) is 17.4. The van der Waals surface area contributed by atoms with Gasteiger partial charge in [0.05, 0.1) is 13.3 Å². The smallest absolute Gasteiger partial charge is 0.178 e. The third-order valence-corrected chi connectivity index (χ3v) is 7.29. The summed E-state index contributed by atoms with van der Waals surface area (Å²) in [7, 11) is 4.20. The first-order valence-electron chi connectivity index (χ1n) is 12.2. The second kappa shape index (κ2) is 8.53. The van der Waals surface area contributed by atoms with Crippen LogP contribution < -0.4 is 19.4 Å². The van der Waals surface area contributed by atoms with Crippen LogP contribution in [0.1, 0.15) is 19.4 Å². The van der Waals surface area contributed by atoms with Gasteiger partial charge in [0.15, 0.2) is 11.6 Å². The third kappa shape index (κ3) is 3.72. The van der Waals surface area contributed by atoms with Gasteiger partial charge in [0.25, 0.3) is 0 Å². The van der Waals surface area contributed by atoms with Crippen molar-refractivity contribution in [1.82, 2.24) is 14.9 Å². The summed E-state index contributed by atoms with van der Waals surface area (Å²) >= 11 is 0. The highest BCUT2D eigenvalue weighted by Gasteiger charge is 2.35. The van der Waals surface area contributed by atoms with Gasteiger partial charge in [-0.05, 0) is 56.8 Å². The van der Waals surface area contributed by atoms with Gasteiger partial charge in [0.1, 0.15) is 11.5 Å². The van der Waals surface area contributed by atoms with Gasteiger partial charge in [-0.2, -0.15) is 0 Å². The summed E-state index contributed by atoms with van der Waals surface area (Å²) in [6.07, 6.45) is 3.46. The molecule has 1 aromatic heterocycles. The second-order valence-electron chi connectivity index (χ2n) is 9.91. The number of fused-ring (bicyclic) bond motifs is 2. The zero-order valence-corrected chi connectivity index (χ0v) is 21.1. The van der Waals surface area contributed by atoms with Crippen LogP contribution in [-0.2, 0) is 5.54 Å². The predicted molar refractivity (Wildman–Crippen MR) is 145 cm³/mol. The standard InChI is InChI=1S/C29H30N6O/c1-29(2)25-13-5-6-14-26(25)34(20-33(29)4)21-9-7-11-23(17-21)36-24-12-8-10-22(18-24)35-19-32(3)27-28(35)31-16-15-30-27/h5-18H,19-20H2,1-4H3. The number of hydrogen-bond donors (Lipinski definition) is 0. The van der Waals surface area contributed by atoms with Crippen molar-refractivity contribution in [2.45, 2.75) is 19.4 Å². The van der Waals surface area contributed by atoms with Crippen LogP contribution in [-0.4, -0.2) is 42.3 Å². The molecule has 6 rings (SSSR count). The lowest BCUT2D eigenvalue weighted by Crippen LogP contribution is -2.49. The molecular weight excluding hydrogens is 448 g/mol. The first kappa shape index (κ1) is 22.4. The number of ether oxygens (including phenoxy) is 1. The van der Waals surface area contributed by atoms with E-state index < -0.39 is 0 Å². The molecule has 0 aliphatic carbocycles. The van der Waals surface area contributed by atoms with Crippen molar-refractivity contribution in [3.8, 4) is 11.5 Å². The van der Waals surface area contributed by atoms with Crippen molar-refractivity contribution in [1.29, 1.82) is 0 Å². The molecule has 4 aromatic rings. The molecule has 3 aromatic carbocycles. The summed E-state index contributed by atoms with van der Waals surface area (Å²) in [6, 6.07) is 25.1. The van der Waals surface area contributed by atoms with E-state index in [4.69, 9.17) is 4.74 Å². The fourth-order valence-corrected chi connectivity index (χ4v) is 5.02. The van der Waals surface area contributed by atoms with Crippen LogP contribution >= 0.6 is 0 Å². The molecule has 0 bridgehead atoms. The first-order valence-corrected chi connectivity index (χ1v) is 12.2. The molecular formula is C29H30N6O. The van der Waals surface area contributed by atoms with E-state index >= 15 is 0 Å². The number of hydrogen-bond acceptors (Lipinski definition) is 7. The van der Waals surface area contributed by atoms with E-state index in [0.29, 0.717) is 6.67 Å². The topological polar surface area (TPSA) is 48.0 Å². The van der Waals surface area contributed by atoms with Gasteiger partial charge >= 0.3 is 0 Å². The van der Waals surface area contributed by atoms with Gasteiger partial charge in [-0.1, -0.05) is 30.3 Å². The van der Waals surface area contributed by atoms with Gasteiger partial charge in [-0.15, -0.1) is 0 Å². The molecule has 0 saturated heterocycles. The fraction of sp³-hybridized carbons (Fsp3) is 0.241. The molecule has 0 amide bonds. The molecule has 2 aliphatic rings. The Balaban J connectivity index is 1.28. The Morgan fingerprint density at radius 3 is 2.08 bits per heavy atom. The number of para-hydroxylation sites is 1. The Bertz CT molecular complexity index is 1420. The van der Waals surface area contributed by atoms with Gasteiger partial charge < -0.3 is 19.4 Å². The van der Waals surface area contributed by atoms with Crippen molar-refractivity contribution in [3.63, 3.8) is 0 Å². The van der Waals surface area contributed by atoms with Gasteiger partial charge in [-0.3, -0.25) is 4.90 Å². The van der Waals surface area contributed by atoms with Crippen molar-refractivity contribution in [3.05, 3.63) is 90.8 Å². The summed E-state index contributed by atoms with van der Waals surface area (Å²) in [6.45, 7) is 6.04. The van der Waals surface area contributed by atoms with E-state index in [-0.39, 0.29) is 5.54 Å². The van der Waals surface area contributed by atoms with E-state index in [1.807, 2.05) is 25.2 Å². The largest absolute Gasteiger partial charge is 0.457 e. The maximum absolute atomic E-state index is 6.36. The number of nitrogens with zero attached hydrogens (tertiary/aromatic N) is 6. The molecule has 0 atom stereocenters. The lowest BCUT2D eigenvalue weighted by molar-refractivity contribution is 0.150. The molecule has 36 heavy (non-hydrogen) atoms. The summed E-state index contributed by atoms with van der Waals surface area (Å²) in [5.74, 6) is 3.32. The molecule has 0 unspecified atom stereocenters. The molecule has 0 radical (unpaired) electrons. The molecule has 3 heterocycles. The molecule has 0 fully saturated rings. The number of aromatic nitrogens is 2. The van der Waals surface area contributed by atoms with Crippen LogP contribution in [0, 0.1) is 0 Å². The van der Waals surface area contributed by atoms with Crippen molar-refractivity contribution in [2.24, 2.45) is 0 Å². The molecule has 0 N–H and O–H groups in total. The highest BCUT2D eigenvalue weighted by molar-refractivity contribution is 5.76. The third-order valence-electron chi connectivity index (χ3n) is 7.29. The average Bonchev–Trinajstić information content (AvgIpc) is 3.23. The van der Waals surface area contributed by atoms with Crippen LogP contribution in [0.3, 0.4) is 0 Å². The molecule has 0 saturated carbocycles. The maximum Gasteiger partial charge on any atom is 0.178 e. The highest BCUT2D eigenvalue weighted by Crippen LogP contribution is 2.43. The van der Waals surface area contributed by atoms with Crippen molar-refractivity contribution < 1.29 is 4.74 Å². The zero-order chi connectivity index (χ0) is 24.9. The van der Waals surface area contributed by atoms with E-state index in [9.17, 15) is 0 Å². The minimum Gasteiger partial charge on any atom is -0.457 e. The number of anilines is 5. The van der Waals surface area contributed by atoms with Gasteiger partial charge in [-0.25, -0.2) is 9.97 Å². The van der Waals surface area contributed by atoms with E-state index in [1.165, 1.54) is 11.3 Å². The highest BCUT2D eigenvalue weighted by atomic mass is 16.5. The van der Waals surface area contributed by atoms with Crippen LogP contribution in [0.4, 0.5) is 28.7 Å². The minimum atomic E-state index is -0.0335. The number of rotatable bonds is 4. The minimum absolute atomic E-state index is 0.0335. The summed E-state index contributed by atoms with van der Waals surface area (Å²) in [4.78, 5) is 18.0. The van der Waals surface area contributed by atoms with E-state index in [1.54, 1.807) is 12.4 Å². The Kier molecular flexibility index (Phi) is 5.30. The number of benzene rings is 3. The quantitative estimate of drug-likeness (QED) is 0.352. The maximum atomic E-state index is 6.36. The van der Waals surface area contributed by atoms with Gasteiger partial charge in [0.2, 0.25) is 0 Å². The van der Waals surface area contributed by atoms with E-state index in [0.717, 1.165) is 41.2 Å². The van der Waals surface area contributed by atoms with Crippen LogP contribution in [0.25, 0.3) is 0 Å². The Morgan fingerprint density at radius 2 is 1.36 bits per heavy atom. The SMILES string of the molecule is CN1CN(c2cccc(Oc3cccc(N4CN(C)C(C)(C)c5ccccc54)c3)c2)c2nccnc21. The van der Waals surface area contributed by atoms with Crippen LogP contribution in [0.5, 0.6) is 11.5 Å². The molecule has 0 spiro atoms. The Morgan fingerprint density at radius 1 is 0.722 bits per heavy atom. The second-order valence-corrected chi connectivity index (χ2v) is 9.91. The lowest BCUT2D eigenvalue weighted by Gasteiger charge is -2.47. The molecule has 2 aliphatic heterocycles. The van der Waals surface area contributed by atoms with Gasteiger partial charge in [0, 0.05) is 54.2 Å². The Hall–Kier alpha value is -4.10. The van der Waals surface area contributed by atoms with Crippen LogP contribution in [0.2, 0.25) is 0 Å². The zero-order valence-electron chi connectivity index (χ0n) is 21.1. The molecule has 7 heteroatoms. The van der Waals surface area contributed by atoms with E-state index in [2.05, 4.69) is 105 Å². The fourth-order valence-electron chi connectivity index (χ4n) is 5.02. The molecule has 182 valence electrons. The Labute approximate surface area is 212 Å². The monoisotopic (exact) mass is 478 g/mol. The predicted octanol–water partition coefficient (Wildman–Crippen LogP) is 6.09. The van der Waals surface area contributed by atoms with Crippen molar-refractivity contribution >= 4 is 28.7 Å². The van der Waals surface area contributed by atoms with Crippen LogP contribution in [0.15, 0.2) is 85.2 Å². The lowest BCUT2D eigenvalue weighted by atomic mass is 9.88. The summed E-state index contributed by atoms with van der Waals surface area (Å²) in [5.41, 5.74) is 4.63. The molecule has 7 nitrogen and oxygen atoms in total. The average molecular weight is 479 g/mol. The summed E-state index contributed by atoms with van der Waals surface area (Å²) < 4.78 is 6.36. The summed E-state index contributed by atoms with van der Waals surface area (Å²) in [5, 5.41) is 0. The van der Waals surface area contributed by atoms with Crippen molar-refractivity contribution in [2.75, 3.05) is 42.1 Å².